The van der Waals surface area contributed by atoms with Gasteiger partial charge in [-0.05, 0) is 13.3 Å². The van der Waals surface area contributed by atoms with Gasteiger partial charge in [0.15, 0.2) is 5.06 Å². The third kappa shape index (κ3) is 5.67. The van der Waals surface area contributed by atoms with Crippen LogP contribution in [0.25, 0.3) is 0 Å². The van der Waals surface area contributed by atoms with Gasteiger partial charge in [-0.3, -0.25) is 4.79 Å². The molecule has 0 saturated heterocycles. The summed E-state index contributed by atoms with van der Waals surface area (Å²) in [4.78, 5) is 11.0. The van der Waals surface area contributed by atoms with Gasteiger partial charge in [0.2, 0.25) is 0 Å². The Hall–Kier alpha value is 0.0500. The van der Waals surface area contributed by atoms with Crippen LogP contribution in [0.1, 0.15) is 33.1 Å². The monoisotopic (exact) mass is 212 g/mol. The number of ether oxygens (including phenoxy) is 1. The van der Waals surface area contributed by atoms with Crippen LogP contribution >= 0.6 is 23.2 Å². The molecule has 4 heteroatoms. The molecular formula is C8H14Cl2O2. The number of alkyl halides is 2. The van der Waals surface area contributed by atoms with Gasteiger partial charge in [-0.2, -0.15) is 0 Å². The van der Waals surface area contributed by atoms with Crippen LogP contribution in [0, 0.1) is 0 Å². The van der Waals surface area contributed by atoms with Crippen LogP contribution < -0.4 is 0 Å². The first kappa shape index (κ1) is 12.0. The first-order chi connectivity index (χ1) is 5.52. The summed E-state index contributed by atoms with van der Waals surface area (Å²) >= 11 is 11.2. The molecule has 12 heavy (non-hydrogen) atoms. The predicted molar refractivity (Wildman–Crippen MR) is 50.6 cm³/mol. The summed E-state index contributed by atoms with van der Waals surface area (Å²) in [5.41, 5.74) is 0. The van der Waals surface area contributed by atoms with E-state index in [0.29, 0.717) is 6.42 Å². The smallest absolute Gasteiger partial charge is 0.307 e. The predicted octanol–water partition coefficient (Wildman–Crippen LogP) is 2.91. The van der Waals surface area contributed by atoms with Crippen molar-refractivity contribution in [1.82, 2.24) is 0 Å². The molecule has 0 aliphatic rings. The molecule has 0 N–H and O–H groups in total. The molecule has 1 unspecified atom stereocenters. The lowest BCUT2D eigenvalue weighted by atomic mass is 10.2. The molecule has 0 radical (unpaired) electrons. The fourth-order valence-electron chi connectivity index (χ4n) is 0.637. The van der Waals surface area contributed by atoms with Gasteiger partial charge in [-0.1, -0.05) is 24.9 Å². The van der Waals surface area contributed by atoms with Crippen LogP contribution in [0.4, 0.5) is 0 Å². The molecule has 0 saturated carbocycles. The van der Waals surface area contributed by atoms with E-state index < -0.39 is 5.06 Å². The van der Waals surface area contributed by atoms with Crippen molar-refractivity contribution >= 4 is 29.2 Å². The number of carbonyl (C=O) groups excluding carboxylic acids is 1. The van der Waals surface area contributed by atoms with Gasteiger partial charge >= 0.3 is 5.97 Å². The second kappa shape index (κ2) is 5.65. The zero-order chi connectivity index (χ0) is 9.61. The van der Waals surface area contributed by atoms with E-state index in [-0.39, 0.29) is 11.8 Å². The lowest BCUT2D eigenvalue weighted by Gasteiger charge is -2.19. The quantitative estimate of drug-likeness (QED) is 0.518. The molecule has 0 aromatic heterocycles. The van der Waals surface area contributed by atoms with E-state index in [1.807, 2.05) is 6.92 Å². The highest BCUT2D eigenvalue weighted by Gasteiger charge is 2.23. The van der Waals surface area contributed by atoms with E-state index in [2.05, 4.69) is 0 Å². The van der Waals surface area contributed by atoms with E-state index in [1.165, 1.54) is 0 Å². The molecule has 0 aromatic rings. The first-order valence-corrected chi connectivity index (χ1v) is 4.90. The maximum atomic E-state index is 11.0. The number of unbranched alkanes of at least 4 members (excludes halogenated alkanes) is 1. The molecule has 72 valence electrons. The van der Waals surface area contributed by atoms with Crippen molar-refractivity contribution < 1.29 is 9.53 Å². The Morgan fingerprint density at radius 1 is 1.58 bits per heavy atom. The molecule has 0 fully saturated rings. The lowest BCUT2D eigenvalue weighted by Crippen LogP contribution is -2.26. The van der Waals surface area contributed by atoms with Crippen molar-refractivity contribution in [1.29, 1.82) is 0 Å². The zero-order valence-corrected chi connectivity index (χ0v) is 8.91. The van der Waals surface area contributed by atoms with Crippen LogP contribution in [0.2, 0.25) is 0 Å². The third-order valence-corrected chi connectivity index (χ3v) is 2.16. The van der Waals surface area contributed by atoms with Crippen LogP contribution in [-0.2, 0) is 9.53 Å². The van der Waals surface area contributed by atoms with Crippen molar-refractivity contribution in [2.75, 3.05) is 5.88 Å². The minimum atomic E-state index is -1.05. The number of carbonyl (C=O) groups is 1. The molecule has 0 bridgehead atoms. The van der Waals surface area contributed by atoms with E-state index in [0.717, 1.165) is 12.8 Å². The molecule has 0 amide bonds. The Morgan fingerprint density at radius 3 is 2.58 bits per heavy atom. The summed E-state index contributed by atoms with van der Waals surface area (Å²) in [6.45, 7) is 3.58. The van der Waals surface area contributed by atoms with Gasteiger partial charge in [0.1, 0.15) is 0 Å². The summed E-state index contributed by atoms with van der Waals surface area (Å²) < 4.78 is 4.88. The fraction of sp³-hybridized carbons (Fsp3) is 0.875. The summed E-state index contributed by atoms with van der Waals surface area (Å²) in [5.74, 6) is -0.179. The van der Waals surface area contributed by atoms with Crippen LogP contribution in [-0.4, -0.2) is 16.9 Å². The van der Waals surface area contributed by atoms with Crippen molar-refractivity contribution in [3.05, 3.63) is 0 Å². The molecule has 0 aliphatic heterocycles. The summed E-state index contributed by atoms with van der Waals surface area (Å²) in [6, 6.07) is 0. The van der Waals surface area contributed by atoms with Gasteiger partial charge in [0, 0.05) is 6.42 Å². The van der Waals surface area contributed by atoms with Crippen LogP contribution in [0.5, 0.6) is 0 Å². The fourth-order valence-corrected chi connectivity index (χ4v) is 0.777. The molecule has 0 heterocycles. The van der Waals surface area contributed by atoms with Gasteiger partial charge in [0.25, 0.3) is 0 Å². The van der Waals surface area contributed by atoms with E-state index in [9.17, 15) is 4.79 Å². The van der Waals surface area contributed by atoms with E-state index in [4.69, 9.17) is 27.9 Å². The molecule has 1 atom stereocenters. The first-order valence-electron chi connectivity index (χ1n) is 3.98. The Balaban J connectivity index is 3.68. The van der Waals surface area contributed by atoms with Gasteiger partial charge < -0.3 is 4.74 Å². The summed E-state index contributed by atoms with van der Waals surface area (Å²) in [6.07, 6.45) is 2.21. The Bertz CT molecular complexity index is 146. The number of rotatable bonds is 5. The highest BCUT2D eigenvalue weighted by atomic mass is 35.5. The molecule has 0 aliphatic carbocycles. The van der Waals surface area contributed by atoms with Crippen molar-refractivity contribution in [2.45, 2.75) is 38.2 Å². The van der Waals surface area contributed by atoms with Crippen LogP contribution in [0.3, 0.4) is 0 Å². The second-order valence-corrected chi connectivity index (χ2v) is 3.88. The maximum absolute atomic E-state index is 11.0. The molecule has 0 aromatic carbocycles. The topological polar surface area (TPSA) is 26.3 Å². The van der Waals surface area contributed by atoms with Gasteiger partial charge in [-0.25, -0.2) is 0 Å². The van der Waals surface area contributed by atoms with Gasteiger partial charge in [-0.15, -0.1) is 11.6 Å². The number of hydrogen-bond acceptors (Lipinski definition) is 2. The van der Waals surface area contributed by atoms with E-state index in [1.54, 1.807) is 6.92 Å². The van der Waals surface area contributed by atoms with Crippen molar-refractivity contribution in [3.63, 3.8) is 0 Å². The minimum Gasteiger partial charge on any atom is -0.442 e. The SMILES string of the molecule is CCCCC(=O)OC(C)(Cl)CCl. The van der Waals surface area contributed by atoms with Crippen molar-refractivity contribution in [2.24, 2.45) is 0 Å². The second-order valence-electron chi connectivity index (χ2n) is 2.81. The number of hydrogen-bond donors (Lipinski definition) is 0. The van der Waals surface area contributed by atoms with E-state index >= 15 is 0 Å². The normalized spacial score (nSPS) is 15.3. The highest BCUT2D eigenvalue weighted by Crippen LogP contribution is 2.18. The highest BCUT2D eigenvalue weighted by molar-refractivity contribution is 6.30. The molecule has 0 spiro atoms. The average molecular weight is 213 g/mol. The Labute approximate surface area is 83.2 Å². The van der Waals surface area contributed by atoms with Crippen LogP contribution in [0.15, 0.2) is 0 Å². The maximum Gasteiger partial charge on any atom is 0.307 e. The largest absolute Gasteiger partial charge is 0.442 e. The average Bonchev–Trinajstić information content (AvgIpc) is 2.00. The third-order valence-electron chi connectivity index (χ3n) is 1.30. The summed E-state index contributed by atoms with van der Waals surface area (Å²) in [5, 5.41) is -1.05. The molecule has 0 rings (SSSR count). The van der Waals surface area contributed by atoms with Crippen molar-refractivity contribution in [3.8, 4) is 0 Å². The number of esters is 1. The van der Waals surface area contributed by atoms with Gasteiger partial charge in [0.05, 0.1) is 5.88 Å². The zero-order valence-electron chi connectivity index (χ0n) is 7.40. The Kier molecular flexibility index (Phi) is 5.68. The molecule has 2 nitrogen and oxygen atoms in total. The standard InChI is InChI=1S/C8H14Cl2O2/c1-3-4-5-7(11)12-8(2,10)6-9/h3-6H2,1-2H3. The number of halogens is 2. The molecular weight excluding hydrogens is 199 g/mol. The lowest BCUT2D eigenvalue weighted by molar-refractivity contribution is -0.149. The minimum absolute atomic E-state index is 0.104. The summed E-state index contributed by atoms with van der Waals surface area (Å²) in [7, 11) is 0. The Morgan fingerprint density at radius 2 is 2.17 bits per heavy atom.